The molecular weight excluding hydrogens is 463 g/mol. The number of nitrogens with two attached hydrogens (primary N) is 1. The average molecular weight is 492 g/mol. The summed E-state index contributed by atoms with van der Waals surface area (Å²) in [5.41, 5.74) is 5.69. The first-order chi connectivity index (χ1) is 16.7. The molecule has 0 spiro atoms. The molecule has 3 aromatic rings. The first-order valence-corrected chi connectivity index (χ1v) is 11.4. The van der Waals surface area contributed by atoms with Crippen LogP contribution in [0.5, 0.6) is 0 Å². The van der Waals surface area contributed by atoms with Gasteiger partial charge in [-0.15, -0.1) is 0 Å². The van der Waals surface area contributed by atoms with Crippen LogP contribution in [-0.2, 0) is 24.1 Å². The highest BCUT2D eigenvalue weighted by molar-refractivity contribution is 5.87. The van der Waals surface area contributed by atoms with E-state index in [0.717, 1.165) is 17.6 Å². The van der Waals surface area contributed by atoms with Crippen LogP contribution in [0.2, 0.25) is 0 Å². The summed E-state index contributed by atoms with van der Waals surface area (Å²) < 4.78 is 40.5. The topological polar surface area (TPSA) is 113 Å². The Morgan fingerprint density at radius 3 is 2.69 bits per heavy atom. The molecule has 1 unspecified atom stereocenters. The number of primary amides is 1. The van der Waals surface area contributed by atoms with Gasteiger partial charge >= 0.3 is 6.18 Å². The summed E-state index contributed by atoms with van der Waals surface area (Å²) in [7, 11) is 0. The molecule has 1 saturated heterocycles. The van der Waals surface area contributed by atoms with Crippen molar-refractivity contribution in [2.75, 3.05) is 31.1 Å². The number of likely N-dealkylation sites (tertiary alicyclic amines) is 1. The number of carbonyl (C=O) groups is 1. The highest BCUT2D eigenvalue weighted by atomic mass is 19.4. The lowest BCUT2D eigenvalue weighted by atomic mass is 9.93. The smallest absolute Gasteiger partial charge is 0.391 e. The number of nitrogens with zero attached hydrogens (tertiary/aromatic N) is 6. The second-order valence-electron chi connectivity index (χ2n) is 8.77. The molecule has 2 atom stereocenters. The van der Waals surface area contributed by atoms with E-state index in [0.29, 0.717) is 56.3 Å². The van der Waals surface area contributed by atoms with Gasteiger partial charge < -0.3 is 20.3 Å². The van der Waals surface area contributed by atoms with E-state index >= 15 is 0 Å². The van der Waals surface area contributed by atoms with Crippen LogP contribution in [0.1, 0.15) is 24.6 Å². The van der Waals surface area contributed by atoms with Gasteiger partial charge in [-0.2, -0.15) is 13.2 Å². The van der Waals surface area contributed by atoms with Crippen molar-refractivity contribution in [1.82, 2.24) is 24.4 Å². The van der Waals surface area contributed by atoms with Crippen LogP contribution in [0.4, 0.5) is 19.0 Å². The maximum absolute atomic E-state index is 12.8. The van der Waals surface area contributed by atoms with Crippen molar-refractivity contribution in [1.29, 1.82) is 0 Å². The van der Waals surface area contributed by atoms with Gasteiger partial charge in [0, 0.05) is 37.9 Å². The van der Waals surface area contributed by atoms with Gasteiger partial charge in [-0.25, -0.2) is 9.97 Å². The third-order valence-corrected chi connectivity index (χ3v) is 6.34. The molecule has 0 bridgehead atoms. The third-order valence-electron chi connectivity index (χ3n) is 6.34. The summed E-state index contributed by atoms with van der Waals surface area (Å²) in [4.78, 5) is 27.8. The van der Waals surface area contributed by atoms with Gasteiger partial charge in [0.1, 0.15) is 17.8 Å². The van der Waals surface area contributed by atoms with Gasteiger partial charge in [-0.05, 0) is 38.1 Å². The van der Waals surface area contributed by atoms with E-state index in [1.807, 2.05) is 33.6 Å². The zero-order valence-corrected chi connectivity index (χ0v) is 19.3. The number of halogens is 3. The summed E-state index contributed by atoms with van der Waals surface area (Å²) in [5.74, 6) is 0.241. The number of rotatable bonds is 8. The molecule has 0 radical (unpaired) electrons. The molecule has 3 aromatic heterocycles. The molecule has 4 rings (SSSR count). The lowest BCUT2D eigenvalue weighted by molar-refractivity contribution is -0.137. The number of hydrogen-bond acceptors (Lipinski definition) is 7. The van der Waals surface area contributed by atoms with Gasteiger partial charge in [-0.1, -0.05) is 0 Å². The molecule has 1 aliphatic heterocycles. The van der Waals surface area contributed by atoms with E-state index in [9.17, 15) is 23.1 Å². The van der Waals surface area contributed by atoms with Crippen molar-refractivity contribution in [3.8, 4) is 0 Å². The lowest BCUT2D eigenvalue weighted by Crippen LogP contribution is -2.47. The Balaban J connectivity index is 1.50. The fourth-order valence-corrected chi connectivity index (χ4v) is 4.48. The SMILES string of the molecule is CCN(Cc1ccc(C(F)(F)F)cn1)c1ncnc2c1ccn2CC1CCN(CC(N)=O)C[C@@H]1O. The molecule has 9 nitrogen and oxygen atoms in total. The summed E-state index contributed by atoms with van der Waals surface area (Å²) in [6, 6.07) is 4.31. The minimum Gasteiger partial charge on any atom is -0.391 e. The second-order valence-corrected chi connectivity index (χ2v) is 8.77. The number of carbonyl (C=O) groups excluding carboxylic acids is 1. The Labute approximate surface area is 200 Å². The molecule has 3 N–H and O–H groups in total. The highest BCUT2D eigenvalue weighted by Gasteiger charge is 2.31. The third kappa shape index (κ3) is 5.70. The Morgan fingerprint density at radius 2 is 2.06 bits per heavy atom. The highest BCUT2D eigenvalue weighted by Crippen LogP contribution is 2.30. The fraction of sp³-hybridized carbons (Fsp3) is 0.478. The molecule has 0 aliphatic carbocycles. The number of aromatic nitrogens is 4. The number of anilines is 1. The van der Waals surface area contributed by atoms with Crippen molar-refractivity contribution in [2.45, 2.75) is 38.7 Å². The zero-order valence-electron chi connectivity index (χ0n) is 19.3. The summed E-state index contributed by atoms with van der Waals surface area (Å²) in [5, 5.41) is 11.4. The molecule has 1 amide bonds. The molecule has 188 valence electrons. The van der Waals surface area contributed by atoms with E-state index in [1.54, 1.807) is 0 Å². The predicted octanol–water partition coefficient (Wildman–Crippen LogP) is 2.04. The predicted molar refractivity (Wildman–Crippen MR) is 123 cm³/mol. The fourth-order valence-electron chi connectivity index (χ4n) is 4.48. The van der Waals surface area contributed by atoms with Crippen molar-refractivity contribution >= 4 is 22.8 Å². The van der Waals surface area contributed by atoms with Crippen LogP contribution < -0.4 is 10.6 Å². The van der Waals surface area contributed by atoms with Gasteiger partial charge in [0.15, 0.2) is 0 Å². The first-order valence-electron chi connectivity index (χ1n) is 11.4. The standard InChI is InChI=1S/C23H28F3N7O2/c1-2-32(11-17-4-3-16(9-28-17)23(24,25)26)21-18-6-8-33(22(18)30-14-29-21)10-15-5-7-31(12-19(15)34)13-20(27)35/h3-4,6,8-9,14-15,19,34H,2,5,7,10-13H2,1H3,(H2,27,35)/t15?,19-/m0/s1. The largest absolute Gasteiger partial charge is 0.417 e. The van der Waals surface area contributed by atoms with E-state index in [1.165, 1.54) is 12.4 Å². The monoisotopic (exact) mass is 491 g/mol. The maximum Gasteiger partial charge on any atom is 0.417 e. The van der Waals surface area contributed by atoms with Crippen LogP contribution in [-0.4, -0.2) is 67.7 Å². The van der Waals surface area contributed by atoms with E-state index < -0.39 is 23.8 Å². The molecule has 1 fully saturated rings. The summed E-state index contributed by atoms with van der Waals surface area (Å²) >= 11 is 0. The van der Waals surface area contributed by atoms with Gasteiger partial charge in [0.05, 0.1) is 35.8 Å². The summed E-state index contributed by atoms with van der Waals surface area (Å²) in [6.07, 6.45) is -0.107. The average Bonchev–Trinajstić information content (AvgIpc) is 3.21. The normalized spacial score (nSPS) is 19.2. The molecule has 0 aromatic carbocycles. The second kappa shape index (κ2) is 10.2. The van der Waals surface area contributed by atoms with E-state index in [4.69, 9.17) is 5.73 Å². The van der Waals surface area contributed by atoms with Gasteiger partial charge in [0.2, 0.25) is 5.91 Å². The van der Waals surface area contributed by atoms with Crippen molar-refractivity contribution in [3.05, 3.63) is 48.2 Å². The minimum absolute atomic E-state index is 0.00762. The van der Waals surface area contributed by atoms with Crippen LogP contribution in [0.15, 0.2) is 36.9 Å². The number of β-amino-alcohol motifs (C(OH)–C–C–N with tert-alkyl or cyclic N) is 1. The Morgan fingerprint density at radius 1 is 1.26 bits per heavy atom. The Hall–Kier alpha value is -3.25. The number of pyridine rings is 1. The van der Waals surface area contributed by atoms with E-state index in [-0.39, 0.29) is 12.5 Å². The van der Waals surface area contributed by atoms with Crippen molar-refractivity contribution < 1.29 is 23.1 Å². The van der Waals surface area contributed by atoms with Crippen LogP contribution in [0, 0.1) is 5.92 Å². The Kier molecular flexibility index (Phi) is 7.22. The van der Waals surface area contributed by atoms with Crippen LogP contribution >= 0.6 is 0 Å². The number of fused-ring (bicyclic) bond motifs is 1. The number of hydrogen-bond donors (Lipinski definition) is 2. The van der Waals surface area contributed by atoms with Gasteiger partial charge in [-0.3, -0.25) is 14.7 Å². The van der Waals surface area contributed by atoms with Crippen molar-refractivity contribution in [2.24, 2.45) is 11.7 Å². The maximum atomic E-state index is 12.8. The first kappa shape index (κ1) is 24.9. The molecule has 1 aliphatic rings. The molecule has 12 heteroatoms. The van der Waals surface area contributed by atoms with Crippen LogP contribution in [0.3, 0.4) is 0 Å². The number of aliphatic hydroxyl groups is 1. The molecule has 4 heterocycles. The quantitative estimate of drug-likeness (QED) is 0.496. The number of amides is 1. The number of alkyl halides is 3. The zero-order chi connectivity index (χ0) is 25.2. The Bertz CT molecular complexity index is 1170. The van der Waals surface area contributed by atoms with E-state index in [2.05, 4.69) is 15.0 Å². The molecular formula is C23H28F3N7O2. The lowest BCUT2D eigenvalue weighted by Gasteiger charge is -2.35. The number of piperidine rings is 1. The molecule has 0 saturated carbocycles. The van der Waals surface area contributed by atoms with Gasteiger partial charge in [0.25, 0.3) is 0 Å². The minimum atomic E-state index is -4.43. The number of aliphatic hydroxyl groups excluding tert-OH is 1. The van der Waals surface area contributed by atoms with Crippen molar-refractivity contribution in [3.63, 3.8) is 0 Å². The van der Waals surface area contributed by atoms with Crippen LogP contribution in [0.25, 0.3) is 11.0 Å². The molecule has 35 heavy (non-hydrogen) atoms. The summed E-state index contributed by atoms with van der Waals surface area (Å²) in [6.45, 7) is 4.54.